The standard InChI is InChI=1S/C27H21N7OS/c1-14(2)8-23(35)34-16-9-15(11-28-12-16)20-10-18-21(13-29-20)32-33-26(18)27-30-19-5-3-4-17(25(19)31-27)22-6-7-24(34)36-22/h3-7,9-14H,8H2,1-2H3,(H,30,31)(H,32,33). The maximum absolute atomic E-state index is 13.5. The summed E-state index contributed by atoms with van der Waals surface area (Å²) in [6, 6.07) is 14.1. The summed E-state index contributed by atoms with van der Waals surface area (Å²) in [6.07, 6.45) is 5.71. The van der Waals surface area contributed by atoms with Gasteiger partial charge in [-0.3, -0.25) is 24.4 Å². The summed E-state index contributed by atoms with van der Waals surface area (Å²) < 4.78 is 2.81. The zero-order chi connectivity index (χ0) is 24.4. The molecule has 0 fully saturated rings. The van der Waals surface area contributed by atoms with Crippen molar-refractivity contribution in [3.63, 3.8) is 0 Å². The smallest absolute Gasteiger partial charge is 0.232 e. The number of aromatic nitrogens is 7. The second kappa shape index (κ2) is 7.82. The second-order valence-corrected chi connectivity index (χ2v) is 10.4. The molecule has 0 aliphatic heterocycles. The van der Waals surface area contributed by atoms with Gasteiger partial charge in [-0.2, -0.15) is 5.10 Å². The third-order valence-corrected chi connectivity index (χ3v) is 7.48. The first-order chi connectivity index (χ1) is 17.5. The topological polar surface area (TPSA) is 105 Å². The number of thiophene rings is 1. The van der Waals surface area contributed by atoms with Gasteiger partial charge in [0.2, 0.25) is 5.91 Å². The van der Waals surface area contributed by atoms with Crippen LogP contribution in [0.1, 0.15) is 25.1 Å². The predicted octanol–water partition coefficient (Wildman–Crippen LogP) is 6.52. The number of nitrogens with one attached hydrogen (secondary N) is 2. The molecule has 0 aliphatic carbocycles. The minimum Gasteiger partial charge on any atom is -0.337 e. The van der Waals surface area contributed by atoms with Crippen molar-refractivity contribution in [1.82, 2.24) is 34.7 Å². The molecule has 0 radical (unpaired) electrons. The van der Waals surface area contributed by atoms with Crippen LogP contribution in [0.4, 0.5) is 0 Å². The highest BCUT2D eigenvalue weighted by molar-refractivity contribution is 7.24. The molecular weight excluding hydrogens is 470 g/mol. The normalized spacial score (nSPS) is 12.1. The molecule has 176 valence electrons. The number of benzene rings is 1. The van der Waals surface area contributed by atoms with E-state index in [-0.39, 0.29) is 11.8 Å². The Labute approximate surface area is 208 Å². The van der Waals surface area contributed by atoms with Gasteiger partial charge in [-0.1, -0.05) is 26.0 Å². The van der Waals surface area contributed by atoms with E-state index in [4.69, 9.17) is 4.98 Å². The first-order valence-electron chi connectivity index (χ1n) is 11.8. The minimum atomic E-state index is 0.0301. The van der Waals surface area contributed by atoms with Crippen molar-refractivity contribution in [2.24, 2.45) is 5.92 Å². The van der Waals surface area contributed by atoms with Gasteiger partial charge in [-0.05, 0) is 36.2 Å². The molecule has 0 saturated heterocycles. The van der Waals surface area contributed by atoms with Crippen LogP contribution in [0.25, 0.3) is 64.4 Å². The van der Waals surface area contributed by atoms with Crippen LogP contribution in [-0.4, -0.2) is 40.6 Å². The number of carbonyl (C=O) groups is 1. The van der Waals surface area contributed by atoms with Crippen molar-refractivity contribution in [3.05, 3.63) is 61.1 Å². The van der Waals surface area contributed by atoms with Gasteiger partial charge in [-0.25, -0.2) is 4.98 Å². The molecule has 0 atom stereocenters. The van der Waals surface area contributed by atoms with E-state index >= 15 is 0 Å². The maximum Gasteiger partial charge on any atom is 0.232 e. The SMILES string of the molecule is CC(C)CC(=O)n1c2cncc(c2)c2cc3c(cn2)[nH]nc3c2nc3c(cccc3c3ccc1s3)[nH]2. The van der Waals surface area contributed by atoms with Gasteiger partial charge in [-0.15, -0.1) is 11.3 Å². The number of fused-ring (bicyclic) bond motifs is 9. The molecule has 1 aromatic carbocycles. The van der Waals surface area contributed by atoms with E-state index in [1.807, 2.05) is 30.3 Å². The van der Waals surface area contributed by atoms with E-state index in [9.17, 15) is 4.79 Å². The van der Waals surface area contributed by atoms with E-state index in [2.05, 4.69) is 51.1 Å². The van der Waals surface area contributed by atoms with Gasteiger partial charge in [0, 0.05) is 33.5 Å². The molecule has 8 bridgehead atoms. The number of H-pyrrole nitrogens is 2. The number of nitrogens with zero attached hydrogens (tertiary/aromatic N) is 5. The van der Waals surface area contributed by atoms with Gasteiger partial charge < -0.3 is 4.98 Å². The van der Waals surface area contributed by atoms with Crippen molar-refractivity contribution in [2.45, 2.75) is 20.3 Å². The Hall–Kier alpha value is -4.37. The summed E-state index contributed by atoms with van der Waals surface area (Å²) in [6.45, 7) is 4.11. The van der Waals surface area contributed by atoms with Gasteiger partial charge in [0.05, 0.1) is 40.0 Å². The number of hydrogen-bond acceptors (Lipinski definition) is 6. The Bertz CT molecular complexity index is 2040. The summed E-state index contributed by atoms with van der Waals surface area (Å²) in [4.78, 5) is 31.9. The predicted molar refractivity (Wildman–Crippen MR) is 145 cm³/mol. The number of pyridine rings is 2. The third-order valence-electron chi connectivity index (χ3n) is 6.37. The molecule has 9 heteroatoms. The molecule has 0 amide bonds. The number of aromatic amines is 2. The lowest BCUT2D eigenvalue weighted by molar-refractivity contribution is 0.0897. The molecule has 36 heavy (non-hydrogen) atoms. The molecule has 0 aliphatic rings. The maximum atomic E-state index is 13.5. The van der Waals surface area contributed by atoms with Crippen molar-refractivity contribution in [1.29, 1.82) is 0 Å². The molecule has 0 spiro atoms. The second-order valence-electron chi connectivity index (χ2n) is 9.37. The number of para-hydroxylation sites is 1. The monoisotopic (exact) mass is 491 g/mol. The quantitative estimate of drug-likeness (QED) is 0.287. The van der Waals surface area contributed by atoms with Crippen LogP contribution < -0.4 is 0 Å². The lowest BCUT2D eigenvalue weighted by atomic mass is 10.1. The highest BCUT2D eigenvalue weighted by atomic mass is 32.1. The molecule has 7 aromatic rings. The van der Waals surface area contributed by atoms with Crippen LogP contribution in [0.2, 0.25) is 0 Å². The minimum absolute atomic E-state index is 0.0301. The Morgan fingerprint density at radius 3 is 2.83 bits per heavy atom. The van der Waals surface area contributed by atoms with E-state index in [0.717, 1.165) is 58.8 Å². The third kappa shape index (κ3) is 3.24. The number of carbonyl (C=O) groups excluding carboxylic acids is 1. The van der Waals surface area contributed by atoms with Crippen molar-refractivity contribution < 1.29 is 4.79 Å². The summed E-state index contributed by atoms with van der Waals surface area (Å²) in [7, 11) is 0. The first kappa shape index (κ1) is 21.0. The highest BCUT2D eigenvalue weighted by Gasteiger charge is 2.14. The largest absolute Gasteiger partial charge is 0.337 e. The molecule has 7 rings (SSSR count). The van der Waals surface area contributed by atoms with Crippen LogP contribution >= 0.6 is 11.3 Å². The average molecular weight is 492 g/mol. The fraction of sp³-hybridized carbons (Fsp3) is 0.148. The van der Waals surface area contributed by atoms with E-state index in [1.54, 1.807) is 34.5 Å². The Morgan fingerprint density at radius 2 is 1.94 bits per heavy atom. The van der Waals surface area contributed by atoms with Gasteiger partial charge in [0.25, 0.3) is 0 Å². The molecular formula is C27H21N7OS. The Kier molecular flexibility index (Phi) is 4.55. The van der Waals surface area contributed by atoms with Crippen LogP contribution in [0.5, 0.6) is 0 Å². The van der Waals surface area contributed by atoms with Crippen LogP contribution in [0.3, 0.4) is 0 Å². The van der Waals surface area contributed by atoms with Gasteiger partial charge in [0.15, 0.2) is 5.65 Å². The number of imidazole rings is 1. The first-order valence-corrected chi connectivity index (χ1v) is 12.6. The summed E-state index contributed by atoms with van der Waals surface area (Å²) in [5, 5.41) is 10.4. The highest BCUT2D eigenvalue weighted by Crippen LogP contribution is 2.30. The average Bonchev–Trinajstić information content (AvgIpc) is 3.60. The summed E-state index contributed by atoms with van der Waals surface area (Å²) >= 11 is 1.57. The van der Waals surface area contributed by atoms with E-state index in [0.29, 0.717) is 12.1 Å². The lowest BCUT2D eigenvalue weighted by Gasteiger charge is -2.09. The van der Waals surface area contributed by atoms with Crippen LogP contribution in [-0.2, 0) is 0 Å². The summed E-state index contributed by atoms with van der Waals surface area (Å²) in [5.74, 6) is 0.256. The molecule has 6 aromatic heterocycles. The molecule has 8 nitrogen and oxygen atoms in total. The number of rotatable bonds is 2. The Morgan fingerprint density at radius 1 is 1.03 bits per heavy atom. The van der Waals surface area contributed by atoms with E-state index in [1.165, 1.54) is 0 Å². The molecule has 6 heterocycles. The fourth-order valence-corrected chi connectivity index (χ4v) is 5.79. The van der Waals surface area contributed by atoms with Crippen LogP contribution in [0, 0.1) is 5.92 Å². The zero-order valence-corrected chi connectivity index (χ0v) is 20.4. The molecule has 0 saturated carbocycles. The van der Waals surface area contributed by atoms with Gasteiger partial charge in [0.1, 0.15) is 10.3 Å². The fourth-order valence-electron chi connectivity index (χ4n) is 4.72. The molecule has 0 unspecified atom stereocenters. The Balaban J connectivity index is 1.73. The van der Waals surface area contributed by atoms with Gasteiger partial charge >= 0.3 is 0 Å². The molecule has 2 N–H and O–H groups in total. The van der Waals surface area contributed by atoms with E-state index < -0.39 is 0 Å². The van der Waals surface area contributed by atoms with Crippen molar-refractivity contribution in [3.8, 4) is 0 Å². The number of hydrogen-bond donors (Lipinski definition) is 2. The van der Waals surface area contributed by atoms with Crippen molar-refractivity contribution in [2.75, 3.05) is 0 Å². The van der Waals surface area contributed by atoms with Crippen molar-refractivity contribution >= 4 is 81.7 Å². The zero-order valence-electron chi connectivity index (χ0n) is 19.6. The summed E-state index contributed by atoms with van der Waals surface area (Å²) in [5.41, 5.74) is 5.49. The lowest BCUT2D eigenvalue weighted by Crippen LogP contribution is -2.13. The van der Waals surface area contributed by atoms with Crippen LogP contribution in [0.15, 0.2) is 61.1 Å².